The zero-order valence-corrected chi connectivity index (χ0v) is 12.4. The van der Waals surface area contributed by atoms with Crippen molar-refractivity contribution in [3.8, 4) is 0 Å². The Labute approximate surface area is 123 Å². The number of imide groups is 1. The van der Waals surface area contributed by atoms with Crippen LogP contribution < -0.4 is 11.2 Å². The van der Waals surface area contributed by atoms with Gasteiger partial charge in [-0.15, -0.1) is 0 Å². The molecule has 2 unspecified atom stereocenters. The van der Waals surface area contributed by atoms with Crippen molar-refractivity contribution < 1.29 is 9.59 Å². The van der Waals surface area contributed by atoms with Gasteiger partial charge in [-0.05, 0) is 37.9 Å². The van der Waals surface area contributed by atoms with E-state index in [1.165, 1.54) is 4.90 Å². The molecular formula is C13H20N4O2S. The van der Waals surface area contributed by atoms with Crippen LogP contribution in [-0.4, -0.2) is 34.1 Å². The van der Waals surface area contributed by atoms with Crippen molar-refractivity contribution >= 4 is 34.9 Å². The molecule has 0 bridgehead atoms. The molecular weight excluding hydrogens is 276 g/mol. The van der Waals surface area contributed by atoms with E-state index in [1.54, 1.807) is 0 Å². The van der Waals surface area contributed by atoms with Gasteiger partial charge in [0.2, 0.25) is 11.8 Å². The first-order valence-electron chi connectivity index (χ1n) is 7.00. The SMILES string of the molecule is CCCCN1C(=O)C2CCC(=NNC(N)=S)CC2C1=O. The van der Waals surface area contributed by atoms with E-state index < -0.39 is 0 Å². The van der Waals surface area contributed by atoms with Crippen LogP contribution in [0.3, 0.4) is 0 Å². The lowest BCUT2D eigenvalue weighted by molar-refractivity contribution is -0.139. The molecule has 2 atom stereocenters. The van der Waals surface area contributed by atoms with Crippen LogP contribution >= 0.6 is 12.2 Å². The summed E-state index contributed by atoms with van der Waals surface area (Å²) in [7, 11) is 0. The normalized spacial score (nSPS) is 27.9. The van der Waals surface area contributed by atoms with Gasteiger partial charge in [0.25, 0.3) is 0 Å². The molecule has 0 aromatic rings. The Kier molecular flexibility index (Phi) is 4.69. The highest BCUT2D eigenvalue weighted by Crippen LogP contribution is 2.37. The van der Waals surface area contributed by atoms with Crippen LogP contribution in [0.1, 0.15) is 39.0 Å². The lowest BCUT2D eigenvalue weighted by Crippen LogP contribution is -2.32. The Balaban J connectivity index is 2.05. The van der Waals surface area contributed by atoms with Crippen molar-refractivity contribution in [2.75, 3.05) is 6.54 Å². The molecule has 2 amide bonds. The van der Waals surface area contributed by atoms with E-state index in [0.29, 0.717) is 25.8 Å². The van der Waals surface area contributed by atoms with E-state index in [2.05, 4.69) is 10.5 Å². The van der Waals surface area contributed by atoms with Crippen LogP contribution in [0.15, 0.2) is 5.10 Å². The highest BCUT2D eigenvalue weighted by molar-refractivity contribution is 7.80. The fourth-order valence-corrected chi connectivity index (χ4v) is 2.90. The fraction of sp³-hybridized carbons (Fsp3) is 0.692. The minimum absolute atomic E-state index is 0.00481. The van der Waals surface area contributed by atoms with Gasteiger partial charge in [-0.1, -0.05) is 13.3 Å². The van der Waals surface area contributed by atoms with E-state index in [9.17, 15) is 9.59 Å². The van der Waals surface area contributed by atoms with Crippen LogP contribution in [-0.2, 0) is 9.59 Å². The number of unbranched alkanes of at least 4 members (excludes halogenated alkanes) is 1. The maximum atomic E-state index is 12.3. The van der Waals surface area contributed by atoms with Gasteiger partial charge in [0.05, 0.1) is 11.8 Å². The molecule has 1 saturated heterocycles. The number of likely N-dealkylation sites (tertiary alicyclic amines) is 1. The summed E-state index contributed by atoms with van der Waals surface area (Å²) in [5.74, 6) is -0.464. The van der Waals surface area contributed by atoms with Crippen LogP contribution in [0.25, 0.3) is 0 Å². The van der Waals surface area contributed by atoms with Crippen molar-refractivity contribution in [2.45, 2.75) is 39.0 Å². The van der Waals surface area contributed by atoms with Gasteiger partial charge < -0.3 is 5.73 Å². The third kappa shape index (κ3) is 2.98. The molecule has 0 spiro atoms. The molecule has 0 aromatic heterocycles. The number of nitrogens with one attached hydrogen (secondary N) is 1. The second-order valence-corrected chi connectivity index (χ2v) is 5.73. The third-order valence-corrected chi connectivity index (χ3v) is 4.00. The standard InChI is InChI=1S/C13H20N4O2S/c1-2-3-6-17-11(18)9-5-4-8(15-16-13(14)20)7-10(9)12(17)19/h9-10H,2-7H2,1H3,(H3,14,16,20). The molecule has 110 valence electrons. The van der Waals surface area contributed by atoms with E-state index in [1.807, 2.05) is 6.92 Å². The van der Waals surface area contributed by atoms with Crippen molar-refractivity contribution in [3.63, 3.8) is 0 Å². The Morgan fingerprint density at radius 3 is 2.80 bits per heavy atom. The van der Waals surface area contributed by atoms with Gasteiger partial charge in [-0.2, -0.15) is 5.10 Å². The van der Waals surface area contributed by atoms with Gasteiger partial charge >= 0.3 is 0 Å². The van der Waals surface area contributed by atoms with Crippen LogP contribution in [0.4, 0.5) is 0 Å². The number of carbonyl (C=O) groups is 2. The average Bonchev–Trinajstić information content (AvgIpc) is 2.66. The molecule has 2 fully saturated rings. The van der Waals surface area contributed by atoms with Crippen molar-refractivity contribution in [3.05, 3.63) is 0 Å². The van der Waals surface area contributed by atoms with Crippen LogP contribution in [0.2, 0.25) is 0 Å². The first-order valence-corrected chi connectivity index (χ1v) is 7.41. The predicted octanol–water partition coefficient (Wildman–Crippen LogP) is 0.761. The lowest BCUT2D eigenvalue weighted by Gasteiger charge is -2.22. The van der Waals surface area contributed by atoms with Gasteiger partial charge in [-0.3, -0.25) is 19.9 Å². The zero-order chi connectivity index (χ0) is 14.7. The highest BCUT2D eigenvalue weighted by atomic mass is 32.1. The molecule has 20 heavy (non-hydrogen) atoms. The Hall–Kier alpha value is -1.50. The number of nitrogens with two attached hydrogens (primary N) is 1. The first-order chi connectivity index (χ1) is 9.54. The zero-order valence-electron chi connectivity index (χ0n) is 11.6. The maximum Gasteiger partial charge on any atom is 0.233 e. The van der Waals surface area contributed by atoms with E-state index in [4.69, 9.17) is 18.0 Å². The molecule has 2 rings (SSSR count). The summed E-state index contributed by atoms with van der Waals surface area (Å²) in [6.45, 7) is 2.59. The van der Waals surface area contributed by atoms with E-state index >= 15 is 0 Å². The number of amides is 2. The highest BCUT2D eigenvalue weighted by Gasteiger charge is 2.49. The molecule has 1 saturated carbocycles. The summed E-state index contributed by atoms with van der Waals surface area (Å²) in [6.07, 6.45) is 3.73. The lowest BCUT2D eigenvalue weighted by atomic mass is 9.80. The molecule has 0 radical (unpaired) electrons. The van der Waals surface area contributed by atoms with Gasteiger partial charge in [0.15, 0.2) is 5.11 Å². The molecule has 7 heteroatoms. The monoisotopic (exact) mass is 296 g/mol. The summed E-state index contributed by atoms with van der Waals surface area (Å²) in [4.78, 5) is 26.0. The molecule has 1 aliphatic carbocycles. The predicted molar refractivity (Wildman–Crippen MR) is 79.8 cm³/mol. The third-order valence-electron chi connectivity index (χ3n) is 3.91. The minimum Gasteiger partial charge on any atom is -0.375 e. The van der Waals surface area contributed by atoms with Gasteiger partial charge in [0, 0.05) is 12.3 Å². The summed E-state index contributed by atoms with van der Waals surface area (Å²) < 4.78 is 0. The number of fused-ring (bicyclic) bond motifs is 1. The summed E-state index contributed by atoms with van der Waals surface area (Å²) in [5, 5.41) is 4.22. The molecule has 1 aliphatic heterocycles. The molecule has 0 aromatic carbocycles. The van der Waals surface area contributed by atoms with Crippen LogP contribution in [0.5, 0.6) is 0 Å². The molecule has 6 nitrogen and oxygen atoms in total. The van der Waals surface area contributed by atoms with Crippen molar-refractivity contribution in [2.24, 2.45) is 22.7 Å². The Morgan fingerprint density at radius 1 is 1.45 bits per heavy atom. The first kappa shape index (κ1) is 14.9. The quantitative estimate of drug-likeness (QED) is 0.454. The van der Waals surface area contributed by atoms with Gasteiger partial charge in [-0.25, -0.2) is 0 Å². The Bertz CT molecular complexity index is 463. The fourth-order valence-electron chi connectivity index (χ4n) is 2.86. The molecule has 1 heterocycles. The summed E-state index contributed by atoms with van der Waals surface area (Å²) >= 11 is 4.70. The number of carbonyl (C=O) groups excluding carboxylic acids is 2. The van der Waals surface area contributed by atoms with Crippen molar-refractivity contribution in [1.82, 2.24) is 10.3 Å². The number of thiocarbonyl (C=S) groups is 1. The number of rotatable bonds is 4. The topological polar surface area (TPSA) is 87.8 Å². The maximum absolute atomic E-state index is 12.3. The summed E-state index contributed by atoms with van der Waals surface area (Å²) in [6, 6.07) is 0. The number of hydrogen-bond acceptors (Lipinski definition) is 4. The van der Waals surface area contributed by atoms with Crippen LogP contribution in [0, 0.1) is 11.8 Å². The van der Waals surface area contributed by atoms with E-state index in [-0.39, 0.29) is 28.8 Å². The summed E-state index contributed by atoms with van der Waals surface area (Å²) in [5.41, 5.74) is 8.74. The number of hydrogen-bond donors (Lipinski definition) is 2. The van der Waals surface area contributed by atoms with Gasteiger partial charge in [0.1, 0.15) is 0 Å². The minimum atomic E-state index is -0.250. The number of hydrazone groups is 1. The van der Waals surface area contributed by atoms with E-state index in [0.717, 1.165) is 18.6 Å². The second-order valence-electron chi connectivity index (χ2n) is 5.29. The number of nitrogens with zero attached hydrogens (tertiary/aromatic N) is 2. The average molecular weight is 296 g/mol. The molecule has 2 aliphatic rings. The smallest absolute Gasteiger partial charge is 0.233 e. The Morgan fingerprint density at radius 2 is 2.15 bits per heavy atom. The van der Waals surface area contributed by atoms with Crippen molar-refractivity contribution in [1.29, 1.82) is 0 Å². The molecule has 3 N–H and O–H groups in total. The second kappa shape index (κ2) is 6.30. The largest absolute Gasteiger partial charge is 0.375 e.